The largest absolute Gasteiger partial charge is 0.454 e. The molecule has 1 amide bonds. The molecule has 112 valence electrons. The van der Waals surface area contributed by atoms with Crippen LogP contribution in [-0.4, -0.2) is 18.7 Å². The third kappa shape index (κ3) is 1.77. The van der Waals surface area contributed by atoms with E-state index in [-0.39, 0.29) is 18.5 Å². The molecule has 0 radical (unpaired) electrons. The summed E-state index contributed by atoms with van der Waals surface area (Å²) in [7, 11) is 0. The van der Waals surface area contributed by atoms with Crippen LogP contribution in [0, 0.1) is 5.82 Å². The monoisotopic (exact) mass is 300 g/mol. The summed E-state index contributed by atoms with van der Waals surface area (Å²) in [6, 6.07) is 10.3. The van der Waals surface area contributed by atoms with Crippen molar-refractivity contribution in [1.82, 2.24) is 0 Å². The average Bonchev–Trinajstić information content (AvgIpc) is 3.00. The highest BCUT2D eigenvalue weighted by atomic mass is 19.1. The van der Waals surface area contributed by atoms with E-state index in [4.69, 9.17) is 15.2 Å². The Morgan fingerprint density at radius 2 is 1.91 bits per heavy atom. The van der Waals surface area contributed by atoms with Crippen LogP contribution in [0.1, 0.15) is 11.6 Å². The number of nitrogens with two attached hydrogens (primary N) is 1. The zero-order valence-electron chi connectivity index (χ0n) is 11.5. The Labute approximate surface area is 126 Å². The van der Waals surface area contributed by atoms with Crippen molar-refractivity contribution in [2.45, 2.75) is 12.1 Å². The molecule has 0 aliphatic carbocycles. The summed E-state index contributed by atoms with van der Waals surface area (Å²) < 4.78 is 24.6. The summed E-state index contributed by atoms with van der Waals surface area (Å²) in [5.74, 6) is 0.579. The summed E-state index contributed by atoms with van der Waals surface area (Å²) in [6.45, 7) is 0.156. The highest BCUT2D eigenvalue weighted by molar-refractivity contribution is 6.05. The van der Waals surface area contributed by atoms with Crippen molar-refractivity contribution in [2.75, 3.05) is 11.7 Å². The van der Waals surface area contributed by atoms with Crippen LogP contribution in [0.3, 0.4) is 0 Å². The minimum absolute atomic E-state index is 0.156. The summed E-state index contributed by atoms with van der Waals surface area (Å²) in [5.41, 5.74) is 6.92. The minimum atomic E-state index is -0.748. The highest BCUT2D eigenvalue weighted by Crippen LogP contribution is 2.43. The number of benzene rings is 2. The SMILES string of the molecule is N[C@H]1C(=O)N(c2ccc3c(c2)OCO3)[C@@H]1c1ccccc1F. The number of halogens is 1. The zero-order chi connectivity index (χ0) is 15.3. The number of ether oxygens (including phenoxy) is 2. The van der Waals surface area contributed by atoms with Crippen LogP contribution in [0.2, 0.25) is 0 Å². The standard InChI is InChI=1S/C16H13FN2O3/c17-11-4-2-1-3-10(11)15-14(18)16(20)19(15)9-5-6-12-13(7-9)22-8-21-12/h1-7,14-15H,8,18H2/t14-,15-/m1/s1. The Kier molecular flexibility index (Phi) is 2.80. The Morgan fingerprint density at radius 3 is 2.73 bits per heavy atom. The molecule has 4 rings (SSSR count). The molecule has 5 nitrogen and oxygen atoms in total. The molecule has 6 heteroatoms. The van der Waals surface area contributed by atoms with Gasteiger partial charge in [0, 0.05) is 17.3 Å². The molecule has 0 unspecified atom stereocenters. The molecular weight excluding hydrogens is 287 g/mol. The van der Waals surface area contributed by atoms with Gasteiger partial charge in [-0.2, -0.15) is 0 Å². The molecule has 0 spiro atoms. The topological polar surface area (TPSA) is 64.8 Å². The second-order valence-corrected chi connectivity index (χ2v) is 5.24. The van der Waals surface area contributed by atoms with Gasteiger partial charge in [0.25, 0.3) is 0 Å². The molecular formula is C16H13FN2O3. The minimum Gasteiger partial charge on any atom is -0.454 e. The van der Waals surface area contributed by atoms with E-state index in [1.807, 2.05) is 0 Å². The number of rotatable bonds is 2. The molecule has 2 aliphatic rings. The maximum absolute atomic E-state index is 14.0. The van der Waals surface area contributed by atoms with Gasteiger partial charge in [0.05, 0.1) is 6.04 Å². The summed E-state index contributed by atoms with van der Waals surface area (Å²) >= 11 is 0. The van der Waals surface area contributed by atoms with E-state index in [0.717, 1.165) is 0 Å². The van der Waals surface area contributed by atoms with Crippen LogP contribution >= 0.6 is 0 Å². The van der Waals surface area contributed by atoms with Crippen molar-refractivity contribution in [1.29, 1.82) is 0 Å². The number of nitrogens with zero attached hydrogens (tertiary/aromatic N) is 1. The lowest BCUT2D eigenvalue weighted by atomic mass is 9.88. The molecule has 22 heavy (non-hydrogen) atoms. The van der Waals surface area contributed by atoms with E-state index < -0.39 is 12.1 Å². The van der Waals surface area contributed by atoms with Gasteiger partial charge in [-0.15, -0.1) is 0 Å². The molecule has 0 bridgehead atoms. The van der Waals surface area contributed by atoms with Crippen LogP contribution in [0.5, 0.6) is 11.5 Å². The molecule has 1 saturated heterocycles. The van der Waals surface area contributed by atoms with Crippen LogP contribution in [0.4, 0.5) is 10.1 Å². The second-order valence-electron chi connectivity index (χ2n) is 5.24. The first-order valence-corrected chi connectivity index (χ1v) is 6.89. The number of hydrogen-bond donors (Lipinski definition) is 1. The Hall–Kier alpha value is -2.60. The van der Waals surface area contributed by atoms with E-state index in [0.29, 0.717) is 22.7 Å². The molecule has 2 N–H and O–H groups in total. The van der Waals surface area contributed by atoms with Gasteiger partial charge in [0.1, 0.15) is 11.9 Å². The third-order valence-electron chi connectivity index (χ3n) is 4.00. The number of fused-ring (bicyclic) bond motifs is 1. The van der Waals surface area contributed by atoms with E-state index >= 15 is 0 Å². The van der Waals surface area contributed by atoms with Crippen LogP contribution in [0.15, 0.2) is 42.5 Å². The first-order chi connectivity index (χ1) is 10.7. The number of hydrogen-bond acceptors (Lipinski definition) is 4. The fraction of sp³-hybridized carbons (Fsp3) is 0.188. The normalized spacial score (nSPS) is 22.6. The molecule has 2 heterocycles. The smallest absolute Gasteiger partial charge is 0.247 e. The van der Waals surface area contributed by atoms with E-state index in [1.165, 1.54) is 11.0 Å². The predicted molar refractivity (Wildman–Crippen MR) is 77.2 cm³/mol. The van der Waals surface area contributed by atoms with Crippen molar-refractivity contribution in [3.8, 4) is 11.5 Å². The highest BCUT2D eigenvalue weighted by Gasteiger charge is 2.47. The molecule has 1 fully saturated rings. The number of anilines is 1. The first-order valence-electron chi connectivity index (χ1n) is 6.89. The molecule has 0 aromatic heterocycles. The zero-order valence-corrected chi connectivity index (χ0v) is 11.5. The van der Waals surface area contributed by atoms with Gasteiger partial charge in [-0.1, -0.05) is 18.2 Å². The fourth-order valence-corrected chi connectivity index (χ4v) is 2.88. The lowest BCUT2D eigenvalue weighted by molar-refractivity contribution is -0.126. The number of β-lactam (4-membered cyclic amide) rings is 1. The molecule has 2 aliphatic heterocycles. The molecule has 0 saturated carbocycles. The molecule has 2 atom stereocenters. The third-order valence-corrected chi connectivity index (χ3v) is 4.00. The number of carbonyl (C=O) groups excluding carboxylic acids is 1. The van der Waals surface area contributed by atoms with Gasteiger partial charge in [-0.3, -0.25) is 4.79 Å². The van der Waals surface area contributed by atoms with Crippen molar-refractivity contribution >= 4 is 11.6 Å². The average molecular weight is 300 g/mol. The van der Waals surface area contributed by atoms with Gasteiger partial charge in [0.2, 0.25) is 12.7 Å². The van der Waals surface area contributed by atoms with Gasteiger partial charge in [-0.05, 0) is 18.2 Å². The van der Waals surface area contributed by atoms with Crippen molar-refractivity contribution in [3.63, 3.8) is 0 Å². The van der Waals surface area contributed by atoms with Gasteiger partial charge < -0.3 is 20.1 Å². The Morgan fingerprint density at radius 1 is 1.14 bits per heavy atom. The molecule has 2 aromatic carbocycles. The second kappa shape index (κ2) is 4.71. The van der Waals surface area contributed by atoms with E-state index in [9.17, 15) is 9.18 Å². The summed E-state index contributed by atoms with van der Waals surface area (Å²) in [5, 5.41) is 0. The maximum atomic E-state index is 14.0. The first kappa shape index (κ1) is 13.1. The van der Waals surface area contributed by atoms with Gasteiger partial charge in [0.15, 0.2) is 11.5 Å². The van der Waals surface area contributed by atoms with Gasteiger partial charge >= 0.3 is 0 Å². The summed E-state index contributed by atoms with van der Waals surface area (Å²) in [6.07, 6.45) is 0. The Bertz CT molecular complexity index is 765. The van der Waals surface area contributed by atoms with Crippen LogP contribution in [-0.2, 0) is 4.79 Å². The van der Waals surface area contributed by atoms with Crippen LogP contribution in [0.25, 0.3) is 0 Å². The van der Waals surface area contributed by atoms with Crippen molar-refractivity contribution in [3.05, 3.63) is 53.8 Å². The number of amides is 1. The Balaban J connectivity index is 1.74. The predicted octanol–water partition coefficient (Wildman–Crippen LogP) is 1.97. The fourth-order valence-electron chi connectivity index (χ4n) is 2.88. The van der Waals surface area contributed by atoms with Gasteiger partial charge in [-0.25, -0.2) is 4.39 Å². The van der Waals surface area contributed by atoms with Crippen molar-refractivity contribution < 1.29 is 18.7 Å². The quantitative estimate of drug-likeness (QED) is 0.861. The van der Waals surface area contributed by atoms with E-state index in [2.05, 4.69) is 0 Å². The summed E-state index contributed by atoms with van der Waals surface area (Å²) in [4.78, 5) is 13.7. The molecule has 2 aromatic rings. The van der Waals surface area contributed by atoms with Crippen molar-refractivity contribution in [2.24, 2.45) is 5.73 Å². The van der Waals surface area contributed by atoms with E-state index in [1.54, 1.807) is 36.4 Å². The lowest BCUT2D eigenvalue weighted by Gasteiger charge is -2.45. The van der Waals surface area contributed by atoms with Crippen LogP contribution < -0.4 is 20.1 Å². The maximum Gasteiger partial charge on any atom is 0.247 e. The lowest BCUT2D eigenvalue weighted by Crippen LogP contribution is -2.63. The number of carbonyl (C=O) groups is 1.